The number of nitrogen functional groups attached to an aromatic ring is 1. The molecule has 0 saturated carbocycles. The number of thioether (sulfide) groups is 2. The van der Waals surface area contributed by atoms with Crippen molar-refractivity contribution in [3.63, 3.8) is 0 Å². The molecule has 1 saturated heterocycles. The van der Waals surface area contributed by atoms with Crippen LogP contribution in [0, 0.1) is 11.3 Å². The van der Waals surface area contributed by atoms with Gasteiger partial charge >= 0.3 is 0 Å². The van der Waals surface area contributed by atoms with Crippen LogP contribution in [0.15, 0.2) is 56.2 Å². The van der Waals surface area contributed by atoms with Crippen LogP contribution in [-0.4, -0.2) is 24.7 Å². The maximum absolute atomic E-state index is 12.7. The fraction of sp³-hybridized carbons (Fsp3) is 0.150. The van der Waals surface area contributed by atoms with Crippen LogP contribution in [0.25, 0.3) is 0 Å². The van der Waals surface area contributed by atoms with E-state index in [0.29, 0.717) is 27.0 Å². The number of nitrogens with one attached hydrogen (secondary N) is 2. The van der Waals surface area contributed by atoms with Crippen molar-refractivity contribution in [3.8, 4) is 6.07 Å². The van der Waals surface area contributed by atoms with Gasteiger partial charge in [0.15, 0.2) is 5.17 Å². The minimum absolute atomic E-state index is 0.190. The molecule has 0 atom stereocenters. The third-order valence-corrected chi connectivity index (χ3v) is 6.73. The molecule has 2 heterocycles. The highest BCUT2D eigenvalue weighted by atomic mass is 32.2. The summed E-state index contributed by atoms with van der Waals surface area (Å²) in [6, 6.07) is 13.1. The van der Waals surface area contributed by atoms with E-state index in [4.69, 9.17) is 5.73 Å². The maximum Gasteiger partial charge on any atom is 0.266 e. The number of rotatable bonds is 3. The van der Waals surface area contributed by atoms with E-state index in [1.54, 1.807) is 12.1 Å². The maximum atomic E-state index is 12.7. The van der Waals surface area contributed by atoms with Gasteiger partial charge < -0.3 is 21.3 Å². The van der Waals surface area contributed by atoms with Crippen LogP contribution in [0.4, 0.5) is 22.7 Å². The quantitative estimate of drug-likeness (QED) is 0.510. The van der Waals surface area contributed by atoms with E-state index in [-0.39, 0.29) is 5.91 Å². The number of benzene rings is 2. The van der Waals surface area contributed by atoms with Gasteiger partial charge in [0.2, 0.25) is 0 Å². The largest absolute Gasteiger partial charge is 0.399 e. The molecule has 1 fully saturated rings. The van der Waals surface area contributed by atoms with Crippen molar-refractivity contribution in [1.82, 2.24) is 5.32 Å². The van der Waals surface area contributed by atoms with Gasteiger partial charge in [-0.2, -0.15) is 5.26 Å². The number of amidine groups is 1. The highest BCUT2D eigenvalue weighted by molar-refractivity contribution is 8.19. The van der Waals surface area contributed by atoms with E-state index < -0.39 is 0 Å². The van der Waals surface area contributed by atoms with Crippen molar-refractivity contribution in [2.24, 2.45) is 4.99 Å². The van der Waals surface area contributed by atoms with Crippen molar-refractivity contribution < 1.29 is 4.79 Å². The molecule has 1 amide bonds. The molecule has 2 aromatic rings. The summed E-state index contributed by atoms with van der Waals surface area (Å²) in [5, 5.41) is 16.6. The number of aliphatic imine (C=N–C) groups is 1. The predicted molar refractivity (Wildman–Crippen MR) is 120 cm³/mol. The molecule has 0 spiro atoms. The smallest absolute Gasteiger partial charge is 0.266 e. The normalized spacial score (nSPS) is 19.3. The summed E-state index contributed by atoms with van der Waals surface area (Å²) in [6.45, 7) is 2.71. The summed E-state index contributed by atoms with van der Waals surface area (Å²) in [7, 11) is 1.92. The lowest BCUT2D eigenvalue weighted by Crippen LogP contribution is -2.21. The summed E-state index contributed by atoms with van der Waals surface area (Å²) in [5.74, 6) is -0.190. The molecule has 2 aromatic carbocycles. The molecular formula is C20H18N6OS2. The lowest BCUT2D eigenvalue weighted by Gasteiger charge is -2.14. The Morgan fingerprint density at radius 2 is 2.10 bits per heavy atom. The monoisotopic (exact) mass is 422 g/mol. The van der Waals surface area contributed by atoms with E-state index >= 15 is 0 Å². The van der Waals surface area contributed by atoms with Gasteiger partial charge in [-0.15, -0.1) is 0 Å². The first kappa shape index (κ1) is 19.2. The second-order valence-electron chi connectivity index (χ2n) is 6.37. The molecule has 0 bridgehead atoms. The van der Waals surface area contributed by atoms with E-state index in [2.05, 4.69) is 21.7 Å². The third-order valence-electron chi connectivity index (χ3n) is 4.39. The number of carbonyl (C=O) groups is 1. The summed E-state index contributed by atoms with van der Waals surface area (Å²) in [4.78, 5) is 20.9. The number of carbonyl (C=O) groups excluding carboxylic acids is 1. The number of nitrogens with two attached hydrogens (primary N) is 1. The zero-order valence-electron chi connectivity index (χ0n) is 15.8. The van der Waals surface area contributed by atoms with Crippen LogP contribution >= 0.6 is 23.5 Å². The molecule has 2 aliphatic rings. The number of amides is 1. The average Bonchev–Trinajstić information content (AvgIpc) is 3.22. The van der Waals surface area contributed by atoms with Crippen LogP contribution in [-0.2, 0) is 4.79 Å². The molecular weight excluding hydrogens is 404 g/mol. The summed E-state index contributed by atoms with van der Waals surface area (Å²) in [5.41, 5.74) is 9.50. The Hall–Kier alpha value is -3.09. The minimum Gasteiger partial charge on any atom is -0.399 e. The molecule has 0 unspecified atom stereocenters. The number of nitrogens with zero attached hydrogens (tertiary/aromatic N) is 3. The molecule has 4 rings (SSSR count). The van der Waals surface area contributed by atoms with Gasteiger partial charge in [0, 0.05) is 24.2 Å². The van der Waals surface area contributed by atoms with Gasteiger partial charge in [-0.05, 0) is 55.1 Å². The Kier molecular flexibility index (Phi) is 5.13. The Balaban J connectivity index is 1.67. The standard InChI is InChI=1S/C20H18N6OS2/c1-3-23-13-6-4-11(10-21)8-14(13)24-20-25-18(27)17(29-20)19-26(2)15-9-12(22)5-7-16(15)28-19/h4-9,23H,3,22H2,1-2H3,(H,24,25,27)/b19-17-. The second kappa shape index (κ2) is 7.73. The van der Waals surface area contributed by atoms with Crippen LogP contribution in [0.5, 0.6) is 0 Å². The van der Waals surface area contributed by atoms with E-state index in [9.17, 15) is 10.1 Å². The van der Waals surface area contributed by atoms with Crippen molar-refractivity contribution in [2.45, 2.75) is 11.8 Å². The number of nitriles is 1. The summed E-state index contributed by atoms with van der Waals surface area (Å²) in [6.07, 6.45) is 0. The molecule has 29 heavy (non-hydrogen) atoms. The van der Waals surface area contributed by atoms with Crippen molar-refractivity contribution >= 4 is 57.3 Å². The summed E-state index contributed by atoms with van der Waals surface area (Å²) < 4.78 is 0. The van der Waals surface area contributed by atoms with Crippen molar-refractivity contribution in [3.05, 3.63) is 51.9 Å². The molecule has 0 radical (unpaired) electrons. The van der Waals surface area contributed by atoms with Crippen molar-refractivity contribution in [2.75, 3.05) is 29.5 Å². The Labute approximate surface area is 177 Å². The van der Waals surface area contributed by atoms with Crippen LogP contribution in [0.2, 0.25) is 0 Å². The number of fused-ring (bicyclic) bond motifs is 1. The first-order valence-corrected chi connectivity index (χ1v) is 10.5. The molecule has 0 aliphatic carbocycles. The zero-order valence-corrected chi connectivity index (χ0v) is 17.4. The molecule has 146 valence electrons. The van der Waals surface area contributed by atoms with Crippen LogP contribution in [0.3, 0.4) is 0 Å². The highest BCUT2D eigenvalue weighted by Gasteiger charge is 2.33. The van der Waals surface area contributed by atoms with Gasteiger partial charge in [-0.3, -0.25) is 4.79 Å². The predicted octanol–water partition coefficient (Wildman–Crippen LogP) is 3.83. The van der Waals surface area contributed by atoms with E-state index in [1.165, 1.54) is 23.5 Å². The van der Waals surface area contributed by atoms with E-state index in [1.807, 2.05) is 43.1 Å². The first-order chi connectivity index (χ1) is 14.0. The molecule has 0 aromatic heterocycles. The number of hydrogen-bond acceptors (Lipinski definition) is 8. The Bertz CT molecular complexity index is 1120. The minimum atomic E-state index is -0.190. The zero-order chi connectivity index (χ0) is 20.5. The lowest BCUT2D eigenvalue weighted by atomic mass is 10.2. The molecule has 9 heteroatoms. The van der Waals surface area contributed by atoms with Crippen LogP contribution < -0.4 is 21.3 Å². The molecule has 4 N–H and O–H groups in total. The Morgan fingerprint density at radius 3 is 2.86 bits per heavy atom. The summed E-state index contributed by atoms with van der Waals surface area (Å²) >= 11 is 2.83. The van der Waals surface area contributed by atoms with E-state index in [0.717, 1.165) is 27.8 Å². The van der Waals surface area contributed by atoms with Gasteiger partial charge in [-0.1, -0.05) is 11.8 Å². The fourth-order valence-electron chi connectivity index (χ4n) is 3.02. The van der Waals surface area contributed by atoms with Crippen molar-refractivity contribution in [1.29, 1.82) is 5.26 Å². The molecule has 7 nitrogen and oxygen atoms in total. The third kappa shape index (κ3) is 3.64. The van der Waals surface area contributed by atoms with Crippen LogP contribution in [0.1, 0.15) is 12.5 Å². The second-order valence-corrected chi connectivity index (χ2v) is 8.40. The first-order valence-electron chi connectivity index (χ1n) is 8.91. The van der Waals surface area contributed by atoms with Gasteiger partial charge in [0.1, 0.15) is 4.91 Å². The Morgan fingerprint density at radius 1 is 1.28 bits per heavy atom. The molecule has 2 aliphatic heterocycles. The van der Waals surface area contributed by atoms with Gasteiger partial charge in [0.25, 0.3) is 5.91 Å². The topological polar surface area (TPSA) is 107 Å². The lowest BCUT2D eigenvalue weighted by molar-refractivity contribution is -0.115. The van der Waals surface area contributed by atoms with Gasteiger partial charge in [0.05, 0.1) is 33.7 Å². The number of hydrogen-bond donors (Lipinski definition) is 3. The SMILES string of the molecule is CCNc1ccc(C#N)cc1/N=C1\NC(=O)/C(=C2/Sc3ccc(N)cc3N2C)S1. The van der Waals surface area contributed by atoms with Gasteiger partial charge in [-0.25, -0.2) is 4.99 Å². The highest BCUT2D eigenvalue weighted by Crippen LogP contribution is 2.49. The fourth-order valence-corrected chi connectivity index (χ4v) is 5.19. The number of anilines is 3. The average molecular weight is 423 g/mol.